The summed E-state index contributed by atoms with van der Waals surface area (Å²) < 4.78 is 6.82. The molecule has 0 radical (unpaired) electrons. The minimum Gasteiger partial charge on any atom is -0.488 e. The van der Waals surface area contributed by atoms with Crippen LogP contribution in [0.25, 0.3) is 0 Å². The predicted octanol–water partition coefficient (Wildman–Crippen LogP) is 3.26. The van der Waals surface area contributed by atoms with Crippen molar-refractivity contribution in [2.24, 2.45) is 0 Å². The van der Waals surface area contributed by atoms with Crippen LogP contribution in [-0.2, 0) is 19.8 Å². The van der Waals surface area contributed by atoms with Gasteiger partial charge in [-0.05, 0) is 29.8 Å². The number of halogens is 2. The predicted molar refractivity (Wildman–Crippen MR) is 94.6 cm³/mol. The third-order valence-corrected chi connectivity index (χ3v) is 3.99. The SMILES string of the molecule is OCCNCc1cc(Br)cc(CO)c1OCc1ccc(Cl)cc1. The van der Waals surface area contributed by atoms with Gasteiger partial charge in [0.25, 0.3) is 0 Å². The second-order valence-electron chi connectivity index (χ2n) is 5.03. The second kappa shape index (κ2) is 9.25. The van der Waals surface area contributed by atoms with E-state index in [1.54, 1.807) is 0 Å². The van der Waals surface area contributed by atoms with Crippen molar-refractivity contribution in [1.29, 1.82) is 0 Å². The molecule has 0 atom stereocenters. The number of rotatable bonds is 8. The lowest BCUT2D eigenvalue weighted by molar-refractivity contribution is 0.256. The summed E-state index contributed by atoms with van der Waals surface area (Å²) >= 11 is 9.32. The molecule has 23 heavy (non-hydrogen) atoms. The number of hydrogen-bond acceptors (Lipinski definition) is 4. The Hall–Kier alpha value is -1.11. The molecule has 2 aromatic carbocycles. The number of nitrogens with one attached hydrogen (secondary N) is 1. The lowest BCUT2D eigenvalue weighted by Gasteiger charge is -2.16. The normalized spacial score (nSPS) is 10.8. The molecule has 124 valence electrons. The molecule has 6 heteroatoms. The lowest BCUT2D eigenvalue weighted by Crippen LogP contribution is -2.18. The van der Waals surface area contributed by atoms with Crippen molar-refractivity contribution in [1.82, 2.24) is 5.32 Å². The van der Waals surface area contributed by atoms with Crippen molar-refractivity contribution < 1.29 is 14.9 Å². The third-order valence-electron chi connectivity index (χ3n) is 3.28. The Morgan fingerprint density at radius 1 is 1.09 bits per heavy atom. The zero-order valence-electron chi connectivity index (χ0n) is 12.6. The van der Waals surface area contributed by atoms with Crippen LogP contribution in [-0.4, -0.2) is 23.4 Å². The molecule has 0 heterocycles. The highest BCUT2D eigenvalue weighted by molar-refractivity contribution is 9.10. The maximum absolute atomic E-state index is 9.59. The quantitative estimate of drug-likeness (QED) is 0.595. The van der Waals surface area contributed by atoms with Gasteiger partial charge < -0.3 is 20.3 Å². The molecule has 3 N–H and O–H groups in total. The highest BCUT2D eigenvalue weighted by Crippen LogP contribution is 2.29. The highest BCUT2D eigenvalue weighted by Gasteiger charge is 2.12. The summed E-state index contributed by atoms with van der Waals surface area (Å²) in [5, 5.41) is 22.3. The molecule has 0 aliphatic carbocycles. The van der Waals surface area contributed by atoms with Crippen molar-refractivity contribution in [2.45, 2.75) is 19.8 Å². The van der Waals surface area contributed by atoms with E-state index in [-0.39, 0.29) is 13.2 Å². The van der Waals surface area contributed by atoms with Gasteiger partial charge in [-0.15, -0.1) is 0 Å². The summed E-state index contributed by atoms with van der Waals surface area (Å²) in [6, 6.07) is 11.2. The van der Waals surface area contributed by atoms with Crippen molar-refractivity contribution in [3.63, 3.8) is 0 Å². The molecule has 0 saturated heterocycles. The first-order valence-electron chi connectivity index (χ1n) is 7.25. The summed E-state index contributed by atoms with van der Waals surface area (Å²) in [6.45, 7) is 1.39. The Labute approximate surface area is 149 Å². The lowest BCUT2D eigenvalue weighted by atomic mass is 10.1. The van der Waals surface area contributed by atoms with Gasteiger partial charge in [-0.3, -0.25) is 0 Å². The van der Waals surface area contributed by atoms with Crippen LogP contribution in [0.1, 0.15) is 16.7 Å². The Bertz CT molecular complexity index is 634. The minimum absolute atomic E-state index is 0.0713. The van der Waals surface area contributed by atoms with Crippen LogP contribution in [0.5, 0.6) is 5.75 Å². The fraction of sp³-hybridized carbons (Fsp3) is 0.294. The van der Waals surface area contributed by atoms with Crippen molar-refractivity contribution in [2.75, 3.05) is 13.2 Å². The Balaban J connectivity index is 2.18. The molecule has 0 aromatic heterocycles. The zero-order valence-corrected chi connectivity index (χ0v) is 14.9. The maximum Gasteiger partial charge on any atom is 0.129 e. The van der Waals surface area contributed by atoms with E-state index in [2.05, 4.69) is 21.2 Å². The maximum atomic E-state index is 9.59. The van der Waals surface area contributed by atoms with Crippen LogP contribution < -0.4 is 10.1 Å². The Morgan fingerprint density at radius 2 is 1.78 bits per heavy atom. The fourth-order valence-electron chi connectivity index (χ4n) is 2.18. The van der Waals surface area contributed by atoms with E-state index in [1.165, 1.54) is 0 Å². The van der Waals surface area contributed by atoms with E-state index >= 15 is 0 Å². The van der Waals surface area contributed by atoms with E-state index in [1.807, 2.05) is 36.4 Å². The van der Waals surface area contributed by atoms with Gasteiger partial charge in [-0.2, -0.15) is 0 Å². The molecule has 0 fully saturated rings. The summed E-state index contributed by atoms with van der Waals surface area (Å²) in [6.07, 6.45) is 0. The smallest absolute Gasteiger partial charge is 0.129 e. The van der Waals surface area contributed by atoms with Gasteiger partial charge >= 0.3 is 0 Å². The average Bonchev–Trinajstić information content (AvgIpc) is 2.55. The van der Waals surface area contributed by atoms with Crippen molar-refractivity contribution in [3.8, 4) is 5.75 Å². The number of benzene rings is 2. The first kappa shape index (κ1) is 18.2. The highest BCUT2D eigenvalue weighted by atomic mass is 79.9. The standard InChI is InChI=1S/C17H19BrClNO3/c18-15-7-13(9-20-5-6-21)17(14(8-15)10-22)23-11-12-1-3-16(19)4-2-12/h1-4,7-8,20-22H,5-6,9-11H2. The number of aliphatic hydroxyl groups is 2. The zero-order chi connectivity index (χ0) is 16.7. The summed E-state index contributed by atoms with van der Waals surface area (Å²) in [4.78, 5) is 0. The monoisotopic (exact) mass is 399 g/mol. The van der Waals surface area contributed by atoms with Gasteiger partial charge in [0.1, 0.15) is 12.4 Å². The molecular weight excluding hydrogens is 382 g/mol. The fourth-order valence-corrected chi connectivity index (χ4v) is 2.86. The molecule has 0 spiro atoms. The van der Waals surface area contributed by atoms with E-state index < -0.39 is 0 Å². The van der Waals surface area contributed by atoms with Gasteiger partial charge in [0.2, 0.25) is 0 Å². The van der Waals surface area contributed by atoms with Gasteiger partial charge in [0.15, 0.2) is 0 Å². The van der Waals surface area contributed by atoms with Gasteiger partial charge in [-0.1, -0.05) is 39.7 Å². The molecule has 0 aliphatic heterocycles. The number of hydrogen-bond donors (Lipinski definition) is 3. The first-order chi connectivity index (χ1) is 11.1. The topological polar surface area (TPSA) is 61.7 Å². The molecule has 0 saturated carbocycles. The van der Waals surface area contributed by atoms with Crippen LogP contribution in [0.15, 0.2) is 40.9 Å². The molecular formula is C17H19BrClNO3. The number of ether oxygens (including phenoxy) is 1. The van der Waals surface area contributed by atoms with Crippen LogP contribution >= 0.6 is 27.5 Å². The summed E-state index contributed by atoms with van der Waals surface area (Å²) in [5.41, 5.74) is 2.63. The van der Waals surface area contributed by atoms with Crippen LogP contribution in [0.4, 0.5) is 0 Å². The molecule has 0 bridgehead atoms. The Kier molecular flexibility index (Phi) is 7.33. The molecule has 0 unspecified atom stereocenters. The van der Waals surface area contributed by atoms with Gasteiger partial charge in [0, 0.05) is 33.7 Å². The minimum atomic E-state index is -0.109. The van der Waals surface area contributed by atoms with Crippen molar-refractivity contribution in [3.05, 3.63) is 62.6 Å². The Morgan fingerprint density at radius 3 is 2.43 bits per heavy atom. The van der Waals surface area contributed by atoms with Crippen molar-refractivity contribution >= 4 is 27.5 Å². The largest absolute Gasteiger partial charge is 0.488 e. The molecule has 0 amide bonds. The van der Waals surface area contributed by atoms with E-state index in [0.29, 0.717) is 36.0 Å². The summed E-state index contributed by atoms with van der Waals surface area (Å²) in [7, 11) is 0. The van der Waals surface area contributed by atoms with E-state index in [9.17, 15) is 5.11 Å². The van der Waals surface area contributed by atoms with Gasteiger partial charge in [0.05, 0.1) is 13.2 Å². The third kappa shape index (κ3) is 5.48. The van der Waals surface area contributed by atoms with Crippen LogP contribution in [0.2, 0.25) is 5.02 Å². The van der Waals surface area contributed by atoms with Gasteiger partial charge in [-0.25, -0.2) is 0 Å². The molecule has 0 aliphatic rings. The summed E-state index contributed by atoms with van der Waals surface area (Å²) in [5.74, 6) is 0.663. The average molecular weight is 401 g/mol. The molecule has 2 rings (SSSR count). The number of aliphatic hydroxyl groups excluding tert-OH is 2. The second-order valence-corrected chi connectivity index (χ2v) is 6.38. The van der Waals surface area contributed by atoms with Crippen LogP contribution in [0.3, 0.4) is 0 Å². The van der Waals surface area contributed by atoms with E-state index in [0.717, 1.165) is 15.6 Å². The first-order valence-corrected chi connectivity index (χ1v) is 8.42. The van der Waals surface area contributed by atoms with Crippen LogP contribution in [0, 0.1) is 0 Å². The molecule has 2 aromatic rings. The molecule has 4 nitrogen and oxygen atoms in total. The van der Waals surface area contributed by atoms with E-state index in [4.69, 9.17) is 21.4 Å².